The van der Waals surface area contributed by atoms with Gasteiger partial charge in [-0.05, 0) is 35.9 Å². The van der Waals surface area contributed by atoms with E-state index in [0.29, 0.717) is 27.4 Å². The molecule has 122 valence electrons. The van der Waals surface area contributed by atoms with Crippen LogP contribution in [0.15, 0.2) is 53.9 Å². The highest BCUT2D eigenvalue weighted by Gasteiger charge is 2.12. The molecule has 0 saturated carbocycles. The van der Waals surface area contributed by atoms with Gasteiger partial charge >= 0.3 is 0 Å². The number of hydrogen-bond acceptors (Lipinski definition) is 6. The Kier molecular flexibility index (Phi) is 4.55. The molecule has 25 heavy (non-hydrogen) atoms. The molecule has 7 heteroatoms. The smallest absolute Gasteiger partial charge is 0.269 e. The second-order valence-electron chi connectivity index (χ2n) is 5.07. The van der Waals surface area contributed by atoms with Crippen LogP contribution in [0, 0.1) is 21.4 Å². The number of nitro groups is 1. The standard InChI is InChI=1S/C18H11N3O3S/c19-10-13(9-12-5-7-14(8-6-12)21(23)24)18-20-16(11-25-18)15-3-1-2-4-17(15)22/h1-9,11,22H. The van der Waals surface area contributed by atoms with Crippen LogP contribution in [0.3, 0.4) is 0 Å². The molecule has 0 unspecified atom stereocenters. The summed E-state index contributed by atoms with van der Waals surface area (Å²) >= 11 is 1.29. The highest BCUT2D eigenvalue weighted by atomic mass is 32.1. The summed E-state index contributed by atoms with van der Waals surface area (Å²) in [6.45, 7) is 0. The number of aromatic nitrogens is 1. The van der Waals surface area contributed by atoms with Crippen LogP contribution < -0.4 is 0 Å². The average molecular weight is 349 g/mol. The van der Waals surface area contributed by atoms with E-state index in [-0.39, 0.29) is 11.4 Å². The number of aromatic hydroxyl groups is 1. The third-order valence-electron chi connectivity index (χ3n) is 3.45. The predicted molar refractivity (Wildman–Crippen MR) is 95.8 cm³/mol. The summed E-state index contributed by atoms with van der Waals surface area (Å²) in [6.07, 6.45) is 1.62. The molecule has 2 aromatic carbocycles. The van der Waals surface area contributed by atoms with Crippen molar-refractivity contribution in [2.75, 3.05) is 0 Å². The van der Waals surface area contributed by atoms with E-state index in [4.69, 9.17) is 0 Å². The summed E-state index contributed by atoms with van der Waals surface area (Å²) in [7, 11) is 0. The van der Waals surface area contributed by atoms with Gasteiger partial charge < -0.3 is 5.11 Å². The first-order valence-electron chi connectivity index (χ1n) is 7.19. The molecule has 1 heterocycles. The number of phenols is 1. The Labute approximate surface area is 147 Å². The summed E-state index contributed by atoms with van der Waals surface area (Å²) in [4.78, 5) is 14.6. The number of phenolic OH excluding ortho intramolecular Hbond substituents is 1. The quantitative estimate of drug-likeness (QED) is 0.425. The molecule has 0 aliphatic heterocycles. The van der Waals surface area contributed by atoms with Gasteiger partial charge in [0, 0.05) is 23.1 Å². The van der Waals surface area contributed by atoms with Crippen LogP contribution in [-0.2, 0) is 0 Å². The molecule has 6 nitrogen and oxygen atoms in total. The van der Waals surface area contributed by atoms with E-state index in [1.807, 2.05) is 0 Å². The van der Waals surface area contributed by atoms with E-state index in [1.165, 1.54) is 23.5 Å². The molecule has 1 N–H and O–H groups in total. The lowest BCUT2D eigenvalue weighted by atomic mass is 10.1. The van der Waals surface area contributed by atoms with E-state index < -0.39 is 4.92 Å². The molecular formula is C18H11N3O3S. The zero-order valence-electron chi connectivity index (χ0n) is 12.8. The lowest BCUT2D eigenvalue weighted by Crippen LogP contribution is -1.87. The SMILES string of the molecule is N#CC(=Cc1ccc([N+](=O)[O-])cc1)c1nc(-c2ccccc2O)cs1. The van der Waals surface area contributed by atoms with E-state index >= 15 is 0 Å². The van der Waals surface area contributed by atoms with Gasteiger partial charge in [0.1, 0.15) is 16.8 Å². The molecule has 0 fully saturated rings. The van der Waals surface area contributed by atoms with Crippen LogP contribution in [0.25, 0.3) is 22.9 Å². The maximum absolute atomic E-state index is 10.7. The van der Waals surface area contributed by atoms with Gasteiger partial charge in [-0.2, -0.15) is 5.26 Å². The number of hydrogen-bond donors (Lipinski definition) is 1. The van der Waals surface area contributed by atoms with Gasteiger partial charge in [0.2, 0.25) is 0 Å². The van der Waals surface area contributed by atoms with E-state index in [1.54, 1.807) is 47.9 Å². The molecule has 0 saturated heterocycles. The molecule has 3 aromatic rings. The Bertz CT molecular complexity index is 1000. The molecule has 0 amide bonds. The monoisotopic (exact) mass is 349 g/mol. The summed E-state index contributed by atoms with van der Waals surface area (Å²) in [5.41, 5.74) is 2.19. The number of allylic oxidation sites excluding steroid dienone is 1. The van der Waals surface area contributed by atoms with Crippen molar-refractivity contribution in [2.45, 2.75) is 0 Å². The molecular weight excluding hydrogens is 338 g/mol. The minimum Gasteiger partial charge on any atom is -0.507 e. The topological polar surface area (TPSA) is 100 Å². The second-order valence-corrected chi connectivity index (χ2v) is 5.93. The van der Waals surface area contributed by atoms with Gasteiger partial charge in [-0.3, -0.25) is 10.1 Å². The summed E-state index contributed by atoms with van der Waals surface area (Å²) in [5.74, 6) is 0.122. The number of rotatable bonds is 4. The Morgan fingerprint density at radius 3 is 2.60 bits per heavy atom. The van der Waals surface area contributed by atoms with Crippen LogP contribution in [0.5, 0.6) is 5.75 Å². The zero-order chi connectivity index (χ0) is 17.8. The predicted octanol–water partition coefficient (Wildman–Crippen LogP) is 4.49. The highest BCUT2D eigenvalue weighted by molar-refractivity contribution is 7.11. The van der Waals surface area contributed by atoms with Gasteiger partial charge in [0.25, 0.3) is 5.69 Å². The van der Waals surface area contributed by atoms with Crippen LogP contribution in [0.1, 0.15) is 10.6 Å². The molecule has 0 spiro atoms. The van der Waals surface area contributed by atoms with Gasteiger partial charge in [-0.25, -0.2) is 4.98 Å². The van der Waals surface area contributed by atoms with Crippen molar-refractivity contribution in [1.29, 1.82) is 5.26 Å². The van der Waals surface area contributed by atoms with Crippen molar-refractivity contribution < 1.29 is 10.0 Å². The van der Waals surface area contributed by atoms with E-state index in [0.717, 1.165) is 0 Å². The number of nitro benzene ring substituents is 1. The minimum atomic E-state index is -0.474. The van der Waals surface area contributed by atoms with Gasteiger partial charge in [-0.15, -0.1) is 11.3 Å². The zero-order valence-corrected chi connectivity index (χ0v) is 13.6. The summed E-state index contributed by atoms with van der Waals surface area (Å²) < 4.78 is 0. The van der Waals surface area contributed by atoms with Crippen molar-refractivity contribution in [3.05, 3.63) is 74.6 Å². The second kappa shape index (κ2) is 6.95. The van der Waals surface area contributed by atoms with E-state index in [2.05, 4.69) is 11.1 Å². The van der Waals surface area contributed by atoms with Crippen molar-refractivity contribution in [3.8, 4) is 23.1 Å². The molecule has 3 rings (SSSR count). The summed E-state index contributed by atoms with van der Waals surface area (Å²) in [5, 5.41) is 32.3. The Morgan fingerprint density at radius 2 is 1.96 bits per heavy atom. The number of para-hydroxylation sites is 1. The average Bonchev–Trinajstić information content (AvgIpc) is 3.10. The van der Waals surface area contributed by atoms with Crippen molar-refractivity contribution >= 4 is 28.7 Å². The first kappa shape index (κ1) is 16.4. The Balaban J connectivity index is 1.93. The third-order valence-corrected chi connectivity index (χ3v) is 4.33. The lowest BCUT2D eigenvalue weighted by Gasteiger charge is -1.99. The van der Waals surface area contributed by atoms with Crippen LogP contribution >= 0.6 is 11.3 Å². The molecule has 0 atom stereocenters. The first-order valence-corrected chi connectivity index (χ1v) is 8.07. The maximum atomic E-state index is 10.7. The van der Waals surface area contributed by atoms with Crippen molar-refractivity contribution in [1.82, 2.24) is 4.98 Å². The van der Waals surface area contributed by atoms with Gasteiger partial charge in [-0.1, -0.05) is 12.1 Å². The molecule has 0 aliphatic carbocycles. The van der Waals surface area contributed by atoms with Crippen LogP contribution in [0.2, 0.25) is 0 Å². The van der Waals surface area contributed by atoms with E-state index in [9.17, 15) is 20.5 Å². The van der Waals surface area contributed by atoms with Crippen molar-refractivity contribution in [3.63, 3.8) is 0 Å². The largest absolute Gasteiger partial charge is 0.507 e. The number of nitriles is 1. The fraction of sp³-hybridized carbons (Fsp3) is 0. The number of nitrogens with zero attached hydrogens (tertiary/aromatic N) is 3. The number of non-ortho nitro benzene ring substituents is 1. The molecule has 1 aromatic heterocycles. The van der Waals surface area contributed by atoms with Gasteiger partial charge in [0.05, 0.1) is 16.2 Å². The minimum absolute atomic E-state index is 0.00764. The van der Waals surface area contributed by atoms with Crippen molar-refractivity contribution in [2.24, 2.45) is 0 Å². The third kappa shape index (κ3) is 3.54. The molecule has 0 bridgehead atoms. The molecule has 0 aliphatic rings. The van der Waals surface area contributed by atoms with Crippen LogP contribution in [-0.4, -0.2) is 15.0 Å². The Morgan fingerprint density at radius 1 is 1.24 bits per heavy atom. The lowest BCUT2D eigenvalue weighted by molar-refractivity contribution is -0.384. The Hall–Kier alpha value is -3.50. The fourth-order valence-corrected chi connectivity index (χ4v) is 3.00. The van der Waals surface area contributed by atoms with Crippen LogP contribution in [0.4, 0.5) is 5.69 Å². The number of benzene rings is 2. The maximum Gasteiger partial charge on any atom is 0.269 e. The summed E-state index contributed by atoms with van der Waals surface area (Å²) in [6, 6.07) is 14.9. The highest BCUT2D eigenvalue weighted by Crippen LogP contribution is 2.32. The van der Waals surface area contributed by atoms with Gasteiger partial charge in [0.15, 0.2) is 0 Å². The fourth-order valence-electron chi connectivity index (χ4n) is 2.21. The molecule has 0 radical (unpaired) electrons. The first-order chi connectivity index (χ1) is 12.1. The number of thiazole rings is 1. The normalized spacial score (nSPS) is 11.1.